The van der Waals surface area contributed by atoms with Crippen LogP contribution in [0.4, 0.5) is 0 Å². The molecule has 2 unspecified atom stereocenters. The lowest BCUT2D eigenvalue weighted by atomic mass is 10.4. The Morgan fingerprint density at radius 1 is 1.89 bits per heavy atom. The topological polar surface area (TPSA) is 73.1 Å². The van der Waals surface area contributed by atoms with E-state index in [2.05, 4.69) is 0 Å². The Bertz CT molecular complexity index is 176. The van der Waals surface area contributed by atoms with Crippen molar-refractivity contribution in [1.29, 1.82) is 5.26 Å². The monoisotopic (exact) mass is 144 g/mol. The van der Waals surface area contributed by atoms with Crippen LogP contribution in [0, 0.1) is 23.7 Å². The zero-order valence-electron chi connectivity index (χ0n) is 4.37. The average Bonchev–Trinajstić information content (AvgIpc) is 1.82. The molecule has 0 aliphatic heterocycles. The van der Waals surface area contributed by atoms with E-state index in [-0.39, 0.29) is 0 Å². The largest absolute Gasteiger partial charge is 0.294 e. The molecule has 9 heavy (non-hydrogen) atoms. The van der Waals surface area contributed by atoms with Crippen LogP contribution >= 0.6 is 0 Å². The van der Waals surface area contributed by atoms with E-state index < -0.39 is 17.3 Å². The Morgan fingerprint density at radius 3 is 2.56 bits per heavy atom. The van der Waals surface area contributed by atoms with Crippen molar-refractivity contribution in [2.24, 2.45) is 0 Å². The second-order valence-corrected chi connectivity index (χ2v) is 1.83. The lowest BCUT2D eigenvalue weighted by Crippen LogP contribution is -2.27. The van der Waals surface area contributed by atoms with Crippen molar-refractivity contribution >= 4 is 11.3 Å². The van der Waals surface area contributed by atoms with Crippen molar-refractivity contribution in [3.05, 3.63) is 0 Å². The van der Waals surface area contributed by atoms with E-state index in [0.717, 1.165) is 0 Å². The first-order valence-electron chi connectivity index (χ1n) is 1.93. The van der Waals surface area contributed by atoms with E-state index >= 15 is 0 Å². The van der Waals surface area contributed by atoms with Gasteiger partial charge < -0.3 is 0 Å². The third-order valence-electron chi connectivity index (χ3n) is 0.514. The third-order valence-corrected chi connectivity index (χ3v) is 0.952. The molecule has 0 amide bonds. The molecule has 5 heteroatoms. The second kappa shape index (κ2) is 4.04. The highest BCUT2D eigenvalue weighted by atomic mass is 32.2. The van der Waals surface area contributed by atoms with E-state index in [4.69, 9.17) is 16.2 Å². The van der Waals surface area contributed by atoms with Gasteiger partial charge in [0.15, 0.2) is 6.04 Å². The van der Waals surface area contributed by atoms with Gasteiger partial charge in [-0.15, -0.1) is 6.42 Å². The maximum atomic E-state index is 9.88. The summed E-state index contributed by atoms with van der Waals surface area (Å²) in [6.07, 6.45) is 4.75. The van der Waals surface area contributed by atoms with Gasteiger partial charge in [-0.25, -0.2) is 4.21 Å². The quantitative estimate of drug-likeness (QED) is 0.395. The molecule has 2 N–H and O–H groups in total. The van der Waals surface area contributed by atoms with Gasteiger partial charge in [-0.05, 0) is 0 Å². The van der Waals surface area contributed by atoms with Gasteiger partial charge in [0, 0.05) is 0 Å². The molecular weight excluding hydrogens is 140 g/mol. The van der Waals surface area contributed by atoms with Crippen LogP contribution in [0.1, 0.15) is 0 Å². The first kappa shape index (κ1) is 8.12. The second-order valence-electron chi connectivity index (χ2n) is 1.10. The Balaban J connectivity index is 3.78. The van der Waals surface area contributed by atoms with Gasteiger partial charge in [0.05, 0.1) is 6.07 Å². The van der Waals surface area contributed by atoms with E-state index in [1.807, 2.05) is 10.6 Å². The summed E-state index contributed by atoms with van der Waals surface area (Å²) in [7, 11) is 0. The molecule has 2 atom stereocenters. The summed E-state index contributed by atoms with van der Waals surface area (Å²) >= 11 is -2.21. The Kier molecular flexibility index (Phi) is 3.65. The zero-order valence-corrected chi connectivity index (χ0v) is 5.18. The molecule has 0 aliphatic carbocycles. The molecule has 0 radical (unpaired) electrons. The number of hydrogen-bond donors (Lipinski definition) is 2. The predicted molar refractivity (Wildman–Crippen MR) is 32.1 cm³/mol. The van der Waals surface area contributed by atoms with Gasteiger partial charge in [0.1, 0.15) is 0 Å². The lowest BCUT2D eigenvalue weighted by molar-refractivity contribution is 0.549. The highest BCUT2D eigenvalue weighted by Crippen LogP contribution is 1.76. The van der Waals surface area contributed by atoms with Crippen molar-refractivity contribution in [2.45, 2.75) is 6.04 Å². The first-order chi connectivity index (χ1) is 4.20. The predicted octanol–water partition coefficient (Wildman–Crippen LogP) is -0.762. The van der Waals surface area contributed by atoms with Crippen molar-refractivity contribution in [3.8, 4) is 18.4 Å². The van der Waals surface area contributed by atoms with Crippen LogP contribution in [0.2, 0.25) is 0 Å². The number of rotatable bonds is 2. The highest BCUT2D eigenvalue weighted by Gasteiger charge is 2.02. The number of nitriles is 1. The van der Waals surface area contributed by atoms with Gasteiger partial charge in [-0.3, -0.25) is 4.55 Å². The fourth-order valence-corrected chi connectivity index (χ4v) is 0.521. The standard InChI is InChI=1S/C4H4N2O2S/c1-2-4(3-5)6-9(7)8/h1,4,6H,(H,7,8). The van der Waals surface area contributed by atoms with Crippen LogP contribution in [0.3, 0.4) is 0 Å². The van der Waals surface area contributed by atoms with E-state index in [9.17, 15) is 4.21 Å². The summed E-state index contributed by atoms with van der Waals surface area (Å²) < 4.78 is 19.9. The van der Waals surface area contributed by atoms with Crippen LogP contribution in [0.5, 0.6) is 0 Å². The molecule has 0 aromatic carbocycles. The molecule has 0 saturated carbocycles. The average molecular weight is 144 g/mol. The number of terminal acetylenes is 1. The minimum absolute atomic E-state index is 0.990. The molecule has 0 aromatic heterocycles. The molecule has 0 rings (SSSR count). The fraction of sp³-hybridized carbons (Fsp3) is 0.250. The summed E-state index contributed by atoms with van der Waals surface area (Å²) in [6, 6.07) is 0.593. The molecule has 48 valence electrons. The van der Waals surface area contributed by atoms with Crippen LogP contribution in [0.25, 0.3) is 0 Å². The summed E-state index contributed by atoms with van der Waals surface area (Å²) in [5.74, 6) is 1.96. The van der Waals surface area contributed by atoms with Gasteiger partial charge >= 0.3 is 0 Å². The summed E-state index contributed by atoms with van der Waals surface area (Å²) in [5, 5.41) is 8.07. The fourth-order valence-electron chi connectivity index (χ4n) is 0.198. The maximum Gasteiger partial charge on any atom is 0.233 e. The summed E-state index contributed by atoms with van der Waals surface area (Å²) in [4.78, 5) is 0. The summed E-state index contributed by atoms with van der Waals surface area (Å²) in [6.45, 7) is 0. The number of nitrogens with zero attached hydrogens (tertiary/aromatic N) is 1. The van der Waals surface area contributed by atoms with Crippen molar-refractivity contribution < 1.29 is 8.76 Å². The molecule has 0 spiro atoms. The molecule has 0 aliphatic rings. The van der Waals surface area contributed by atoms with Gasteiger partial charge in [-0.1, -0.05) is 5.92 Å². The molecule has 0 aromatic rings. The number of hydrogen-bond acceptors (Lipinski definition) is 2. The molecule has 0 fully saturated rings. The molecular formula is C4H4N2O2S. The van der Waals surface area contributed by atoms with Crippen LogP contribution in [-0.4, -0.2) is 14.8 Å². The molecule has 0 heterocycles. The van der Waals surface area contributed by atoms with E-state index in [1.54, 1.807) is 6.07 Å². The Morgan fingerprint density at radius 2 is 2.44 bits per heavy atom. The number of nitrogens with one attached hydrogen (secondary N) is 1. The normalized spacial score (nSPS) is 15.0. The van der Waals surface area contributed by atoms with E-state index in [1.165, 1.54) is 0 Å². The Labute approximate surface area is 55.3 Å². The zero-order chi connectivity index (χ0) is 7.28. The SMILES string of the molecule is C#CC(C#N)NS(=O)O. The van der Waals surface area contributed by atoms with Crippen molar-refractivity contribution in [1.82, 2.24) is 4.72 Å². The van der Waals surface area contributed by atoms with E-state index in [0.29, 0.717) is 0 Å². The van der Waals surface area contributed by atoms with Gasteiger partial charge in [0.2, 0.25) is 11.3 Å². The smallest absolute Gasteiger partial charge is 0.233 e. The van der Waals surface area contributed by atoms with Crippen LogP contribution in [-0.2, 0) is 11.3 Å². The van der Waals surface area contributed by atoms with Crippen LogP contribution < -0.4 is 4.72 Å². The van der Waals surface area contributed by atoms with Crippen molar-refractivity contribution in [3.63, 3.8) is 0 Å². The molecule has 0 saturated heterocycles. The molecule has 4 nitrogen and oxygen atoms in total. The van der Waals surface area contributed by atoms with Crippen molar-refractivity contribution in [2.75, 3.05) is 0 Å². The summed E-state index contributed by atoms with van der Waals surface area (Å²) in [5.41, 5.74) is 0. The highest BCUT2D eigenvalue weighted by molar-refractivity contribution is 7.77. The maximum absolute atomic E-state index is 9.88. The lowest BCUT2D eigenvalue weighted by Gasteiger charge is -1.95. The van der Waals surface area contributed by atoms with Gasteiger partial charge in [-0.2, -0.15) is 9.98 Å². The minimum Gasteiger partial charge on any atom is -0.294 e. The van der Waals surface area contributed by atoms with Gasteiger partial charge in [0.25, 0.3) is 0 Å². The van der Waals surface area contributed by atoms with Crippen LogP contribution in [0.15, 0.2) is 0 Å². The molecule has 0 bridgehead atoms. The third kappa shape index (κ3) is 3.68. The minimum atomic E-state index is -2.21. The Hall–Kier alpha value is -0.880. The first-order valence-corrected chi connectivity index (χ1v) is 3.04.